The molecule has 1 atom stereocenters. The standard InChI is InChI=1S/C15H17FN2O4/c1-9(19)14-12(15(20)17-7-8-21-2)13(18-22-14)10-3-5-11(16)6-4-10/h3-6,9,19H,7-8H2,1-2H3,(H,17,20)/t9-/m0/s1. The normalized spacial score (nSPS) is 12.2. The Morgan fingerprint density at radius 2 is 2.14 bits per heavy atom. The number of ether oxygens (including phenoxy) is 1. The number of nitrogens with one attached hydrogen (secondary N) is 1. The Morgan fingerprint density at radius 3 is 2.73 bits per heavy atom. The minimum Gasteiger partial charge on any atom is -0.385 e. The number of carbonyl (C=O) groups is 1. The van der Waals surface area contributed by atoms with Crippen LogP contribution in [0.4, 0.5) is 4.39 Å². The van der Waals surface area contributed by atoms with E-state index < -0.39 is 17.8 Å². The van der Waals surface area contributed by atoms with E-state index in [1.807, 2.05) is 0 Å². The van der Waals surface area contributed by atoms with Crippen LogP contribution in [0.1, 0.15) is 29.1 Å². The van der Waals surface area contributed by atoms with Gasteiger partial charge in [-0.3, -0.25) is 4.79 Å². The van der Waals surface area contributed by atoms with Gasteiger partial charge in [0.1, 0.15) is 23.2 Å². The summed E-state index contributed by atoms with van der Waals surface area (Å²) in [5, 5.41) is 16.2. The lowest BCUT2D eigenvalue weighted by Crippen LogP contribution is -2.28. The third-order valence-electron chi connectivity index (χ3n) is 3.03. The Labute approximate surface area is 126 Å². The van der Waals surface area contributed by atoms with Gasteiger partial charge in [0.15, 0.2) is 5.76 Å². The highest BCUT2D eigenvalue weighted by Crippen LogP contribution is 2.29. The van der Waals surface area contributed by atoms with E-state index in [4.69, 9.17) is 9.26 Å². The van der Waals surface area contributed by atoms with Gasteiger partial charge in [0.2, 0.25) is 0 Å². The fourth-order valence-electron chi connectivity index (χ4n) is 1.97. The molecule has 6 nitrogen and oxygen atoms in total. The third kappa shape index (κ3) is 3.49. The maximum atomic E-state index is 13.0. The molecule has 0 bridgehead atoms. The highest BCUT2D eigenvalue weighted by Gasteiger charge is 2.26. The molecular weight excluding hydrogens is 291 g/mol. The zero-order valence-electron chi connectivity index (χ0n) is 12.3. The molecule has 0 saturated heterocycles. The molecule has 1 amide bonds. The van der Waals surface area contributed by atoms with Gasteiger partial charge in [0.05, 0.1) is 6.61 Å². The second kappa shape index (κ2) is 7.15. The first-order valence-electron chi connectivity index (χ1n) is 6.75. The molecule has 0 spiro atoms. The van der Waals surface area contributed by atoms with Crippen molar-refractivity contribution in [1.82, 2.24) is 10.5 Å². The summed E-state index contributed by atoms with van der Waals surface area (Å²) >= 11 is 0. The number of aliphatic hydroxyl groups is 1. The van der Waals surface area contributed by atoms with E-state index in [9.17, 15) is 14.3 Å². The average Bonchev–Trinajstić information content (AvgIpc) is 2.93. The number of hydrogen-bond acceptors (Lipinski definition) is 5. The Kier molecular flexibility index (Phi) is 5.24. The zero-order chi connectivity index (χ0) is 16.1. The predicted molar refractivity (Wildman–Crippen MR) is 76.7 cm³/mol. The monoisotopic (exact) mass is 308 g/mol. The lowest BCUT2D eigenvalue weighted by molar-refractivity contribution is 0.0924. The van der Waals surface area contributed by atoms with Gasteiger partial charge in [0.25, 0.3) is 5.91 Å². The Balaban J connectivity index is 2.38. The van der Waals surface area contributed by atoms with E-state index in [0.717, 1.165) is 0 Å². The minimum atomic E-state index is -0.995. The fourth-order valence-corrected chi connectivity index (χ4v) is 1.97. The molecular formula is C15H17FN2O4. The van der Waals surface area contributed by atoms with Gasteiger partial charge in [-0.1, -0.05) is 5.16 Å². The second-order valence-electron chi connectivity index (χ2n) is 4.70. The number of nitrogens with zero attached hydrogens (tertiary/aromatic N) is 1. The maximum Gasteiger partial charge on any atom is 0.257 e. The van der Waals surface area contributed by atoms with Crippen LogP contribution in [0.3, 0.4) is 0 Å². The number of aliphatic hydroxyl groups excluding tert-OH is 1. The number of benzene rings is 1. The molecule has 1 heterocycles. The first-order chi connectivity index (χ1) is 10.5. The summed E-state index contributed by atoms with van der Waals surface area (Å²) in [4.78, 5) is 12.3. The van der Waals surface area contributed by atoms with Crippen molar-refractivity contribution in [1.29, 1.82) is 0 Å². The van der Waals surface area contributed by atoms with E-state index in [2.05, 4.69) is 10.5 Å². The second-order valence-corrected chi connectivity index (χ2v) is 4.70. The first kappa shape index (κ1) is 16.1. The van der Waals surface area contributed by atoms with Crippen LogP contribution in [0.25, 0.3) is 11.3 Å². The number of methoxy groups -OCH3 is 1. The van der Waals surface area contributed by atoms with Crippen LogP contribution in [0.15, 0.2) is 28.8 Å². The van der Waals surface area contributed by atoms with Gasteiger partial charge in [0, 0.05) is 19.2 Å². The molecule has 0 saturated carbocycles. The molecule has 0 fully saturated rings. The summed E-state index contributed by atoms with van der Waals surface area (Å²) in [6.45, 7) is 2.14. The smallest absolute Gasteiger partial charge is 0.257 e. The zero-order valence-corrected chi connectivity index (χ0v) is 12.3. The van der Waals surface area contributed by atoms with Crippen LogP contribution >= 0.6 is 0 Å². The van der Waals surface area contributed by atoms with Crippen molar-refractivity contribution in [2.75, 3.05) is 20.3 Å². The molecule has 0 aliphatic carbocycles. The fraction of sp³-hybridized carbons (Fsp3) is 0.333. The van der Waals surface area contributed by atoms with Crippen molar-refractivity contribution in [3.8, 4) is 11.3 Å². The lowest BCUT2D eigenvalue weighted by Gasteiger charge is -2.07. The van der Waals surface area contributed by atoms with Crippen molar-refractivity contribution in [3.05, 3.63) is 41.4 Å². The summed E-state index contributed by atoms with van der Waals surface area (Å²) < 4.78 is 23.0. The summed E-state index contributed by atoms with van der Waals surface area (Å²) in [6.07, 6.45) is -0.995. The van der Waals surface area contributed by atoms with E-state index >= 15 is 0 Å². The van der Waals surface area contributed by atoms with Gasteiger partial charge < -0.3 is 19.7 Å². The van der Waals surface area contributed by atoms with Crippen LogP contribution in [0.2, 0.25) is 0 Å². The molecule has 0 aliphatic rings. The van der Waals surface area contributed by atoms with Gasteiger partial charge in [-0.05, 0) is 31.2 Å². The largest absolute Gasteiger partial charge is 0.385 e. The number of hydrogen-bond donors (Lipinski definition) is 2. The minimum absolute atomic E-state index is 0.0641. The molecule has 2 rings (SSSR count). The Hall–Kier alpha value is -2.25. The molecule has 0 aliphatic heterocycles. The summed E-state index contributed by atoms with van der Waals surface area (Å²) in [7, 11) is 1.52. The lowest BCUT2D eigenvalue weighted by atomic mass is 10.0. The van der Waals surface area contributed by atoms with Crippen LogP contribution in [0.5, 0.6) is 0 Å². The van der Waals surface area contributed by atoms with E-state index in [-0.39, 0.29) is 17.0 Å². The van der Waals surface area contributed by atoms with Crippen LogP contribution < -0.4 is 5.32 Å². The summed E-state index contributed by atoms with van der Waals surface area (Å²) in [5.41, 5.74) is 0.914. The van der Waals surface area contributed by atoms with E-state index in [1.54, 1.807) is 0 Å². The number of aromatic nitrogens is 1. The SMILES string of the molecule is COCCNC(=O)c1c(-c2ccc(F)cc2)noc1[C@H](C)O. The molecule has 2 aromatic rings. The molecule has 1 aromatic heterocycles. The highest BCUT2D eigenvalue weighted by atomic mass is 19.1. The molecule has 0 unspecified atom stereocenters. The number of carbonyl (C=O) groups excluding carboxylic acids is 1. The quantitative estimate of drug-likeness (QED) is 0.796. The van der Waals surface area contributed by atoms with Crippen molar-refractivity contribution in [2.45, 2.75) is 13.0 Å². The van der Waals surface area contributed by atoms with Crippen molar-refractivity contribution in [3.63, 3.8) is 0 Å². The molecule has 118 valence electrons. The highest BCUT2D eigenvalue weighted by molar-refractivity contribution is 6.00. The summed E-state index contributed by atoms with van der Waals surface area (Å²) in [6, 6.07) is 5.51. The molecule has 7 heteroatoms. The van der Waals surface area contributed by atoms with Crippen LogP contribution in [0, 0.1) is 5.82 Å². The van der Waals surface area contributed by atoms with Gasteiger partial charge in [-0.2, -0.15) is 0 Å². The Morgan fingerprint density at radius 1 is 1.45 bits per heavy atom. The van der Waals surface area contributed by atoms with E-state index in [0.29, 0.717) is 18.7 Å². The maximum absolute atomic E-state index is 13.0. The predicted octanol–water partition coefficient (Wildman–Crippen LogP) is 1.91. The van der Waals surface area contributed by atoms with Crippen LogP contribution in [-0.4, -0.2) is 36.4 Å². The van der Waals surface area contributed by atoms with Crippen molar-refractivity contribution in [2.24, 2.45) is 0 Å². The Bertz CT molecular complexity index is 637. The third-order valence-corrected chi connectivity index (χ3v) is 3.03. The number of halogens is 1. The number of rotatable bonds is 6. The summed E-state index contributed by atoms with van der Waals surface area (Å²) in [5.74, 6) is -0.767. The van der Waals surface area contributed by atoms with Gasteiger partial charge in [-0.15, -0.1) is 0 Å². The molecule has 0 radical (unpaired) electrons. The molecule has 1 aromatic carbocycles. The topological polar surface area (TPSA) is 84.6 Å². The van der Waals surface area contributed by atoms with Gasteiger partial charge >= 0.3 is 0 Å². The molecule has 22 heavy (non-hydrogen) atoms. The molecule has 2 N–H and O–H groups in total. The first-order valence-corrected chi connectivity index (χ1v) is 6.75. The van der Waals surface area contributed by atoms with Crippen molar-refractivity contribution < 1.29 is 23.6 Å². The van der Waals surface area contributed by atoms with Gasteiger partial charge in [-0.25, -0.2) is 4.39 Å². The van der Waals surface area contributed by atoms with Crippen LogP contribution in [-0.2, 0) is 4.74 Å². The van der Waals surface area contributed by atoms with E-state index in [1.165, 1.54) is 38.3 Å². The number of amides is 1. The average molecular weight is 308 g/mol. The van der Waals surface area contributed by atoms with Crippen molar-refractivity contribution >= 4 is 5.91 Å².